The zero-order valence-corrected chi connectivity index (χ0v) is 19.9. The molecule has 1 aromatic heterocycles. The van der Waals surface area contributed by atoms with Gasteiger partial charge in [0.2, 0.25) is 0 Å². The first-order valence-corrected chi connectivity index (χ1v) is 11.5. The zero-order valence-electron chi connectivity index (χ0n) is 19.9. The van der Waals surface area contributed by atoms with Gasteiger partial charge in [0.25, 0.3) is 0 Å². The van der Waals surface area contributed by atoms with Crippen LogP contribution in [0, 0.1) is 6.92 Å². The highest BCUT2D eigenvalue weighted by Gasteiger charge is 2.13. The van der Waals surface area contributed by atoms with Crippen molar-refractivity contribution >= 4 is 11.0 Å². The summed E-state index contributed by atoms with van der Waals surface area (Å²) in [7, 11) is 1.65. The van der Waals surface area contributed by atoms with Crippen molar-refractivity contribution in [2.45, 2.75) is 46.3 Å². The minimum absolute atomic E-state index is 0.366. The van der Waals surface area contributed by atoms with E-state index >= 15 is 0 Å². The van der Waals surface area contributed by atoms with Crippen molar-refractivity contribution in [2.24, 2.45) is 0 Å². The number of aryl methyl sites for hydroxylation is 2. The average molecular weight is 445 g/mol. The van der Waals surface area contributed by atoms with Gasteiger partial charge in [0.05, 0.1) is 24.8 Å². The molecule has 172 valence electrons. The van der Waals surface area contributed by atoms with Gasteiger partial charge in [-0.05, 0) is 60.7 Å². The molecule has 3 aromatic carbocycles. The summed E-state index contributed by atoms with van der Waals surface area (Å²) in [5.41, 5.74) is 4.54. The van der Waals surface area contributed by atoms with Gasteiger partial charge in [0.1, 0.15) is 18.2 Å². The third kappa shape index (κ3) is 5.30. The van der Waals surface area contributed by atoms with Crippen molar-refractivity contribution in [3.05, 3.63) is 83.7 Å². The molecule has 0 N–H and O–H groups in total. The maximum atomic E-state index is 6.21. The van der Waals surface area contributed by atoms with Crippen molar-refractivity contribution in [1.29, 1.82) is 0 Å². The molecule has 0 spiro atoms. The number of imidazole rings is 1. The molecule has 5 nitrogen and oxygen atoms in total. The fourth-order valence-corrected chi connectivity index (χ4v) is 4.01. The van der Waals surface area contributed by atoms with Gasteiger partial charge in [-0.1, -0.05) is 50.2 Å². The molecule has 4 aromatic rings. The van der Waals surface area contributed by atoms with Crippen LogP contribution in [0.15, 0.2) is 66.7 Å². The van der Waals surface area contributed by atoms with E-state index in [-0.39, 0.29) is 0 Å². The molecule has 0 fully saturated rings. The zero-order chi connectivity index (χ0) is 23.2. The third-order valence-corrected chi connectivity index (χ3v) is 5.73. The molecule has 0 saturated carbocycles. The van der Waals surface area contributed by atoms with E-state index in [0.29, 0.717) is 30.6 Å². The second-order valence-corrected chi connectivity index (χ2v) is 8.51. The lowest BCUT2D eigenvalue weighted by Gasteiger charge is -2.16. The van der Waals surface area contributed by atoms with E-state index in [9.17, 15) is 0 Å². The SMILES string of the molecule is COc1ccccc1OCc1nc2ccccc2n1CCCOc1cc(C)ccc1C(C)C. The molecule has 0 aliphatic rings. The number of fused-ring (bicyclic) bond motifs is 1. The number of hydrogen-bond donors (Lipinski definition) is 0. The van der Waals surface area contributed by atoms with Crippen molar-refractivity contribution in [2.75, 3.05) is 13.7 Å². The second kappa shape index (κ2) is 10.4. The maximum absolute atomic E-state index is 6.21. The molecule has 0 radical (unpaired) electrons. The van der Waals surface area contributed by atoms with Gasteiger partial charge in [-0.3, -0.25) is 0 Å². The largest absolute Gasteiger partial charge is 0.493 e. The minimum atomic E-state index is 0.366. The van der Waals surface area contributed by atoms with Crippen LogP contribution >= 0.6 is 0 Å². The number of methoxy groups -OCH3 is 1. The van der Waals surface area contributed by atoms with Crippen molar-refractivity contribution < 1.29 is 14.2 Å². The fourth-order valence-electron chi connectivity index (χ4n) is 4.01. The number of para-hydroxylation sites is 4. The van der Waals surface area contributed by atoms with Gasteiger partial charge in [0, 0.05) is 6.54 Å². The van der Waals surface area contributed by atoms with Gasteiger partial charge in [-0.25, -0.2) is 4.98 Å². The first-order chi connectivity index (χ1) is 16.1. The Kier molecular flexibility index (Phi) is 7.18. The van der Waals surface area contributed by atoms with Crippen LogP contribution in [0.2, 0.25) is 0 Å². The molecule has 0 bridgehead atoms. The molecule has 4 rings (SSSR count). The van der Waals surface area contributed by atoms with Crippen LogP contribution in [0.1, 0.15) is 43.1 Å². The smallest absolute Gasteiger partial charge is 0.161 e. The Balaban J connectivity index is 1.47. The fraction of sp³-hybridized carbons (Fsp3) is 0.321. The van der Waals surface area contributed by atoms with Crippen LogP contribution in [0.5, 0.6) is 17.2 Å². The summed E-state index contributed by atoms with van der Waals surface area (Å²) in [5, 5.41) is 0. The number of hydrogen-bond acceptors (Lipinski definition) is 4. The summed E-state index contributed by atoms with van der Waals surface area (Å²) < 4.78 is 19.9. The molecule has 33 heavy (non-hydrogen) atoms. The van der Waals surface area contributed by atoms with E-state index in [0.717, 1.165) is 35.6 Å². The highest BCUT2D eigenvalue weighted by atomic mass is 16.5. The molecular formula is C28H32N2O3. The number of ether oxygens (including phenoxy) is 3. The van der Waals surface area contributed by atoms with Crippen LogP contribution in [0.3, 0.4) is 0 Å². The molecule has 0 amide bonds. The first kappa shape index (κ1) is 22.7. The Labute approximate surface area is 195 Å². The lowest BCUT2D eigenvalue weighted by Crippen LogP contribution is -2.11. The summed E-state index contributed by atoms with van der Waals surface area (Å²) in [6.45, 7) is 8.30. The van der Waals surface area contributed by atoms with Crippen molar-refractivity contribution in [3.63, 3.8) is 0 Å². The summed E-state index contributed by atoms with van der Waals surface area (Å²) in [5.74, 6) is 3.73. The molecular weight excluding hydrogens is 412 g/mol. The van der Waals surface area contributed by atoms with Gasteiger partial charge < -0.3 is 18.8 Å². The summed E-state index contributed by atoms with van der Waals surface area (Å²) in [4.78, 5) is 4.83. The molecule has 0 saturated heterocycles. The van der Waals surface area contributed by atoms with E-state index in [1.807, 2.05) is 42.5 Å². The molecule has 5 heteroatoms. The van der Waals surface area contributed by atoms with Crippen LogP contribution in [0.25, 0.3) is 11.0 Å². The van der Waals surface area contributed by atoms with Gasteiger partial charge in [-0.15, -0.1) is 0 Å². The van der Waals surface area contributed by atoms with Crippen LogP contribution in [-0.4, -0.2) is 23.3 Å². The quantitative estimate of drug-likeness (QED) is 0.261. The maximum Gasteiger partial charge on any atom is 0.161 e. The van der Waals surface area contributed by atoms with Gasteiger partial charge in [-0.2, -0.15) is 0 Å². The molecule has 0 aliphatic carbocycles. The van der Waals surface area contributed by atoms with E-state index in [2.05, 4.69) is 49.6 Å². The number of rotatable bonds is 10. The lowest BCUT2D eigenvalue weighted by molar-refractivity contribution is 0.267. The summed E-state index contributed by atoms with van der Waals surface area (Å²) >= 11 is 0. The third-order valence-electron chi connectivity index (χ3n) is 5.73. The van der Waals surface area contributed by atoms with Crippen LogP contribution < -0.4 is 14.2 Å². The van der Waals surface area contributed by atoms with E-state index < -0.39 is 0 Å². The lowest BCUT2D eigenvalue weighted by atomic mass is 10.0. The highest BCUT2D eigenvalue weighted by Crippen LogP contribution is 2.29. The number of aromatic nitrogens is 2. The van der Waals surface area contributed by atoms with E-state index in [4.69, 9.17) is 19.2 Å². The summed E-state index contributed by atoms with van der Waals surface area (Å²) in [6, 6.07) is 22.3. The Hall–Kier alpha value is -3.47. The Bertz CT molecular complexity index is 1210. The topological polar surface area (TPSA) is 45.5 Å². The van der Waals surface area contributed by atoms with E-state index in [1.165, 1.54) is 11.1 Å². The number of benzene rings is 3. The molecule has 0 aliphatic heterocycles. The molecule has 0 atom stereocenters. The van der Waals surface area contributed by atoms with Crippen LogP contribution in [0.4, 0.5) is 0 Å². The predicted octanol–water partition coefficient (Wildman–Crippen LogP) is 6.52. The molecule has 0 unspecified atom stereocenters. The first-order valence-electron chi connectivity index (χ1n) is 11.5. The van der Waals surface area contributed by atoms with Gasteiger partial charge >= 0.3 is 0 Å². The number of nitrogens with zero attached hydrogens (tertiary/aromatic N) is 2. The monoisotopic (exact) mass is 444 g/mol. The highest BCUT2D eigenvalue weighted by molar-refractivity contribution is 5.75. The molecule has 1 heterocycles. The Morgan fingerprint density at radius 2 is 1.64 bits per heavy atom. The van der Waals surface area contributed by atoms with E-state index in [1.54, 1.807) is 7.11 Å². The van der Waals surface area contributed by atoms with Crippen molar-refractivity contribution in [3.8, 4) is 17.2 Å². The standard InChI is InChI=1S/C28H32N2O3/c1-20(2)22-15-14-21(3)18-27(22)32-17-9-16-30-24-11-6-5-10-23(24)29-28(30)19-33-26-13-8-7-12-25(26)31-4/h5-8,10-15,18,20H,9,16-17,19H2,1-4H3. The van der Waals surface area contributed by atoms with Crippen molar-refractivity contribution in [1.82, 2.24) is 9.55 Å². The minimum Gasteiger partial charge on any atom is -0.493 e. The normalized spacial score (nSPS) is 11.2. The Morgan fingerprint density at radius 3 is 2.42 bits per heavy atom. The van der Waals surface area contributed by atoms with Gasteiger partial charge in [0.15, 0.2) is 11.5 Å². The second-order valence-electron chi connectivity index (χ2n) is 8.51. The Morgan fingerprint density at radius 1 is 0.879 bits per heavy atom. The average Bonchev–Trinajstić information content (AvgIpc) is 3.18. The summed E-state index contributed by atoms with van der Waals surface area (Å²) in [6.07, 6.45) is 0.869. The predicted molar refractivity (Wildman–Crippen MR) is 132 cm³/mol. The van der Waals surface area contributed by atoms with Crippen LogP contribution in [-0.2, 0) is 13.2 Å².